The van der Waals surface area contributed by atoms with Crippen LogP contribution in [-0.2, 0) is 4.79 Å². The first-order chi connectivity index (χ1) is 9.42. The van der Waals surface area contributed by atoms with Crippen molar-refractivity contribution in [2.45, 2.75) is 39.8 Å². The Morgan fingerprint density at radius 3 is 2.50 bits per heavy atom. The van der Waals surface area contributed by atoms with Gasteiger partial charge in [0, 0.05) is 12.6 Å². The highest BCUT2D eigenvalue weighted by atomic mass is 16.5. The van der Waals surface area contributed by atoms with Gasteiger partial charge in [-0.1, -0.05) is 19.1 Å². The summed E-state index contributed by atoms with van der Waals surface area (Å²) < 4.78 is 5.24. The molecule has 0 aliphatic rings. The van der Waals surface area contributed by atoms with Crippen LogP contribution in [0.25, 0.3) is 0 Å². The maximum atomic E-state index is 12.5. The number of carbonyl (C=O) groups excluding carboxylic acids is 1. The lowest BCUT2D eigenvalue weighted by atomic mass is 10.00. The Balaban J connectivity index is 2.96. The first-order valence-electron chi connectivity index (χ1n) is 7.12. The molecular formula is C16H26N2O2. The molecule has 0 fully saturated rings. The summed E-state index contributed by atoms with van der Waals surface area (Å²) in [5.74, 6) is 0.721. The van der Waals surface area contributed by atoms with E-state index < -0.39 is 0 Å². The Morgan fingerprint density at radius 1 is 1.35 bits per heavy atom. The molecule has 0 aliphatic heterocycles. The number of nitrogens with two attached hydrogens (primary N) is 1. The Kier molecular flexibility index (Phi) is 6.02. The van der Waals surface area contributed by atoms with Crippen molar-refractivity contribution in [2.24, 2.45) is 11.7 Å². The van der Waals surface area contributed by atoms with Crippen molar-refractivity contribution in [1.29, 1.82) is 0 Å². The molecule has 2 N–H and O–H groups in total. The van der Waals surface area contributed by atoms with E-state index >= 15 is 0 Å². The van der Waals surface area contributed by atoms with Crippen LogP contribution in [0.4, 0.5) is 0 Å². The van der Waals surface area contributed by atoms with Gasteiger partial charge in [-0.2, -0.15) is 0 Å². The standard InChI is InChI=1S/C16H26N2O2/c1-6-18(16(19)11(2)12(3)17)13(4)14-8-7-9-15(10-14)20-5/h7-13H,6,17H2,1-5H3. The number of nitrogens with zero attached hydrogens (tertiary/aromatic N) is 1. The minimum absolute atomic E-state index is 0.00352. The van der Waals surface area contributed by atoms with Crippen LogP contribution in [0.2, 0.25) is 0 Å². The predicted molar refractivity (Wildman–Crippen MR) is 81.6 cm³/mol. The van der Waals surface area contributed by atoms with Crippen molar-refractivity contribution < 1.29 is 9.53 Å². The molecule has 1 aromatic carbocycles. The molecule has 1 aromatic rings. The number of amides is 1. The lowest BCUT2D eigenvalue weighted by Crippen LogP contribution is -2.42. The first-order valence-corrected chi connectivity index (χ1v) is 7.12. The van der Waals surface area contributed by atoms with Gasteiger partial charge in [-0.05, 0) is 38.5 Å². The molecule has 0 saturated heterocycles. The average Bonchev–Trinajstić information content (AvgIpc) is 2.46. The van der Waals surface area contributed by atoms with Gasteiger partial charge in [0.25, 0.3) is 0 Å². The van der Waals surface area contributed by atoms with Crippen molar-refractivity contribution in [3.8, 4) is 5.75 Å². The van der Waals surface area contributed by atoms with Crippen molar-refractivity contribution in [2.75, 3.05) is 13.7 Å². The third-order valence-electron chi connectivity index (χ3n) is 3.85. The average molecular weight is 278 g/mol. The topological polar surface area (TPSA) is 55.6 Å². The molecule has 0 aromatic heterocycles. The minimum Gasteiger partial charge on any atom is -0.497 e. The van der Waals surface area contributed by atoms with Gasteiger partial charge in [-0.25, -0.2) is 0 Å². The van der Waals surface area contributed by atoms with E-state index in [9.17, 15) is 4.79 Å². The molecule has 0 heterocycles. The van der Waals surface area contributed by atoms with E-state index in [1.165, 1.54) is 0 Å². The summed E-state index contributed by atoms with van der Waals surface area (Å²) in [6.07, 6.45) is 0. The van der Waals surface area contributed by atoms with Crippen molar-refractivity contribution in [1.82, 2.24) is 4.90 Å². The van der Waals surface area contributed by atoms with Gasteiger partial charge >= 0.3 is 0 Å². The van der Waals surface area contributed by atoms with Crippen LogP contribution >= 0.6 is 0 Å². The van der Waals surface area contributed by atoms with Crippen LogP contribution in [-0.4, -0.2) is 30.5 Å². The summed E-state index contributed by atoms with van der Waals surface area (Å²) in [7, 11) is 1.64. The molecular weight excluding hydrogens is 252 g/mol. The second-order valence-corrected chi connectivity index (χ2v) is 5.22. The van der Waals surface area contributed by atoms with E-state index in [1.54, 1.807) is 7.11 Å². The number of ether oxygens (including phenoxy) is 1. The molecule has 20 heavy (non-hydrogen) atoms. The fourth-order valence-corrected chi connectivity index (χ4v) is 2.19. The van der Waals surface area contributed by atoms with Gasteiger partial charge in [-0.3, -0.25) is 4.79 Å². The highest BCUT2D eigenvalue weighted by Gasteiger charge is 2.26. The molecule has 4 nitrogen and oxygen atoms in total. The van der Waals surface area contributed by atoms with E-state index in [4.69, 9.17) is 10.5 Å². The molecule has 0 saturated carbocycles. The van der Waals surface area contributed by atoms with Crippen LogP contribution in [0.5, 0.6) is 5.75 Å². The Hall–Kier alpha value is -1.55. The molecule has 1 rings (SSSR count). The number of hydrogen-bond acceptors (Lipinski definition) is 3. The van der Waals surface area contributed by atoms with Crippen LogP contribution in [0, 0.1) is 5.92 Å². The van der Waals surface area contributed by atoms with Gasteiger partial charge in [-0.15, -0.1) is 0 Å². The number of benzene rings is 1. The van der Waals surface area contributed by atoms with Crippen molar-refractivity contribution in [3.05, 3.63) is 29.8 Å². The maximum absolute atomic E-state index is 12.5. The number of rotatable bonds is 6. The molecule has 4 heteroatoms. The molecule has 3 unspecified atom stereocenters. The lowest BCUT2D eigenvalue weighted by molar-refractivity contribution is -0.137. The predicted octanol–water partition coefficient (Wildman–Crippen LogP) is 2.59. The third-order valence-corrected chi connectivity index (χ3v) is 3.85. The van der Waals surface area contributed by atoms with Gasteiger partial charge in [0.05, 0.1) is 19.1 Å². The fourth-order valence-electron chi connectivity index (χ4n) is 2.19. The first kappa shape index (κ1) is 16.5. The second kappa shape index (κ2) is 7.29. The van der Waals surface area contributed by atoms with Gasteiger partial charge in [0.1, 0.15) is 5.75 Å². The third kappa shape index (κ3) is 3.73. The van der Waals surface area contributed by atoms with E-state index in [0.29, 0.717) is 6.54 Å². The largest absolute Gasteiger partial charge is 0.497 e. The highest BCUT2D eigenvalue weighted by Crippen LogP contribution is 2.25. The molecule has 0 aliphatic carbocycles. The molecule has 0 radical (unpaired) electrons. The van der Waals surface area contributed by atoms with Crippen molar-refractivity contribution >= 4 is 5.91 Å². The summed E-state index contributed by atoms with van der Waals surface area (Å²) in [5.41, 5.74) is 6.91. The smallest absolute Gasteiger partial charge is 0.227 e. The van der Waals surface area contributed by atoms with E-state index in [1.807, 2.05) is 56.9 Å². The number of methoxy groups -OCH3 is 1. The SMILES string of the molecule is CCN(C(=O)C(C)C(C)N)C(C)c1cccc(OC)c1. The van der Waals surface area contributed by atoms with Crippen molar-refractivity contribution in [3.63, 3.8) is 0 Å². The Morgan fingerprint density at radius 2 is 2.00 bits per heavy atom. The fraction of sp³-hybridized carbons (Fsp3) is 0.562. The van der Waals surface area contributed by atoms with Gasteiger partial charge in [0.15, 0.2) is 0 Å². The Labute approximate surface area is 121 Å². The van der Waals surface area contributed by atoms with Crippen LogP contribution in [0.15, 0.2) is 24.3 Å². The summed E-state index contributed by atoms with van der Waals surface area (Å²) in [6, 6.07) is 7.69. The summed E-state index contributed by atoms with van der Waals surface area (Å²) >= 11 is 0. The number of carbonyl (C=O) groups is 1. The molecule has 112 valence electrons. The monoisotopic (exact) mass is 278 g/mol. The quantitative estimate of drug-likeness (QED) is 0.870. The second-order valence-electron chi connectivity index (χ2n) is 5.22. The lowest BCUT2D eigenvalue weighted by Gasteiger charge is -2.32. The van der Waals surface area contributed by atoms with Gasteiger partial charge in [0.2, 0.25) is 5.91 Å². The van der Waals surface area contributed by atoms with Gasteiger partial charge < -0.3 is 15.4 Å². The zero-order valence-electron chi connectivity index (χ0n) is 13.1. The maximum Gasteiger partial charge on any atom is 0.227 e. The van der Waals surface area contributed by atoms with E-state index in [0.717, 1.165) is 11.3 Å². The zero-order chi connectivity index (χ0) is 15.3. The molecule has 1 amide bonds. The van der Waals surface area contributed by atoms with E-state index in [2.05, 4.69) is 0 Å². The summed E-state index contributed by atoms with van der Waals surface area (Å²) in [4.78, 5) is 14.4. The molecule has 0 spiro atoms. The minimum atomic E-state index is -0.178. The zero-order valence-corrected chi connectivity index (χ0v) is 13.1. The highest BCUT2D eigenvalue weighted by molar-refractivity contribution is 5.79. The molecule has 0 bridgehead atoms. The van der Waals surface area contributed by atoms with E-state index in [-0.39, 0.29) is 23.9 Å². The Bertz CT molecular complexity index is 446. The van der Waals surface area contributed by atoms with Crippen LogP contribution in [0.1, 0.15) is 39.3 Å². The van der Waals surface area contributed by atoms with Crippen LogP contribution in [0.3, 0.4) is 0 Å². The number of hydrogen-bond donors (Lipinski definition) is 1. The molecule has 3 atom stereocenters. The summed E-state index contributed by atoms with van der Waals surface area (Å²) in [6.45, 7) is 8.43. The summed E-state index contributed by atoms with van der Waals surface area (Å²) in [5, 5.41) is 0. The van der Waals surface area contributed by atoms with Crippen LogP contribution < -0.4 is 10.5 Å². The normalized spacial score (nSPS) is 15.3.